The van der Waals surface area contributed by atoms with Crippen molar-refractivity contribution in [1.29, 1.82) is 0 Å². The highest BCUT2D eigenvalue weighted by molar-refractivity contribution is 7.16. The van der Waals surface area contributed by atoms with E-state index in [0.717, 1.165) is 23.5 Å². The molecule has 0 aliphatic heterocycles. The summed E-state index contributed by atoms with van der Waals surface area (Å²) in [4.78, 5) is 7.01. The Bertz CT molecular complexity index is 433. The second-order valence-corrected chi connectivity index (χ2v) is 5.58. The first-order chi connectivity index (χ1) is 7.29. The lowest BCUT2D eigenvalue weighted by Crippen LogP contribution is -1.84. The largest absolute Gasteiger partial charge is 0.396 e. The average Bonchev–Trinajstić information content (AvgIpc) is 2.83. The van der Waals surface area contributed by atoms with Gasteiger partial charge in [0.2, 0.25) is 0 Å². The molecule has 0 aromatic carbocycles. The third-order valence-electron chi connectivity index (χ3n) is 2.11. The lowest BCUT2D eigenvalue weighted by Gasteiger charge is -1.92. The van der Waals surface area contributed by atoms with E-state index in [0.29, 0.717) is 0 Å². The normalized spacial score (nSPS) is 10.8. The zero-order valence-electron chi connectivity index (χ0n) is 8.56. The summed E-state index contributed by atoms with van der Waals surface area (Å²) in [5.41, 5.74) is 1.08. The Labute approximate surface area is 97.2 Å². The van der Waals surface area contributed by atoms with Gasteiger partial charge >= 0.3 is 0 Å². The Morgan fingerprint density at radius 1 is 1.40 bits per heavy atom. The van der Waals surface area contributed by atoms with Crippen LogP contribution < -0.4 is 0 Å². The van der Waals surface area contributed by atoms with Crippen molar-refractivity contribution in [2.75, 3.05) is 6.61 Å². The monoisotopic (exact) mass is 239 g/mol. The first-order valence-corrected chi connectivity index (χ1v) is 6.61. The molecule has 0 radical (unpaired) electrons. The van der Waals surface area contributed by atoms with E-state index in [9.17, 15) is 0 Å². The Morgan fingerprint density at radius 3 is 2.93 bits per heavy atom. The summed E-state index contributed by atoms with van der Waals surface area (Å²) in [5, 5.41) is 11.9. The number of nitrogens with zero attached hydrogens (tertiary/aromatic N) is 1. The molecular weight excluding hydrogens is 226 g/mol. The topological polar surface area (TPSA) is 33.1 Å². The van der Waals surface area contributed by atoms with Crippen molar-refractivity contribution in [2.45, 2.75) is 19.8 Å². The van der Waals surface area contributed by atoms with Gasteiger partial charge in [0.05, 0.1) is 15.6 Å². The highest BCUT2D eigenvalue weighted by atomic mass is 32.1. The number of thiophene rings is 1. The minimum atomic E-state index is 0.267. The van der Waals surface area contributed by atoms with Crippen LogP contribution in [0, 0.1) is 6.92 Å². The molecule has 80 valence electrons. The maximum atomic E-state index is 8.75. The molecule has 0 fully saturated rings. The Kier molecular flexibility index (Phi) is 3.51. The van der Waals surface area contributed by atoms with Crippen molar-refractivity contribution in [3.8, 4) is 10.6 Å². The summed E-state index contributed by atoms with van der Waals surface area (Å²) in [6.45, 7) is 2.29. The van der Waals surface area contributed by atoms with Gasteiger partial charge in [-0.05, 0) is 31.9 Å². The van der Waals surface area contributed by atoms with Crippen LogP contribution in [-0.2, 0) is 6.42 Å². The van der Waals surface area contributed by atoms with E-state index in [4.69, 9.17) is 5.11 Å². The van der Waals surface area contributed by atoms with E-state index < -0.39 is 0 Å². The molecule has 0 aliphatic carbocycles. The maximum Gasteiger partial charge on any atom is 0.0914 e. The lowest BCUT2D eigenvalue weighted by molar-refractivity contribution is 0.289. The van der Waals surface area contributed by atoms with Gasteiger partial charge in [-0.3, -0.25) is 0 Å². The molecule has 0 saturated carbocycles. The molecule has 2 heterocycles. The van der Waals surface area contributed by atoms with Crippen molar-refractivity contribution in [1.82, 2.24) is 4.98 Å². The summed E-state index contributed by atoms with van der Waals surface area (Å²) >= 11 is 3.45. The summed E-state index contributed by atoms with van der Waals surface area (Å²) in [6, 6.07) is 4.25. The summed E-state index contributed by atoms with van der Waals surface area (Å²) in [5.74, 6) is 0. The zero-order chi connectivity index (χ0) is 10.7. The second kappa shape index (κ2) is 4.88. The molecule has 0 unspecified atom stereocenters. The maximum absolute atomic E-state index is 8.75. The highest BCUT2D eigenvalue weighted by Gasteiger charge is 2.05. The molecule has 4 heteroatoms. The van der Waals surface area contributed by atoms with Crippen LogP contribution in [0.4, 0.5) is 0 Å². The standard InChI is InChI=1S/C11H13NOS2/c1-8-12-10(7-14-8)11-5-4-9(15-11)3-2-6-13/h4-5,7,13H,2-3,6H2,1H3. The minimum Gasteiger partial charge on any atom is -0.396 e. The van der Waals surface area contributed by atoms with Crippen LogP contribution in [0.25, 0.3) is 10.6 Å². The molecule has 2 nitrogen and oxygen atoms in total. The van der Waals surface area contributed by atoms with Gasteiger partial charge in [0.15, 0.2) is 0 Å². The van der Waals surface area contributed by atoms with E-state index in [1.807, 2.05) is 6.92 Å². The minimum absolute atomic E-state index is 0.267. The van der Waals surface area contributed by atoms with E-state index in [-0.39, 0.29) is 6.61 Å². The quantitative estimate of drug-likeness (QED) is 0.889. The van der Waals surface area contributed by atoms with Gasteiger partial charge in [-0.25, -0.2) is 4.98 Å². The van der Waals surface area contributed by atoms with Crippen LogP contribution in [0.3, 0.4) is 0 Å². The van der Waals surface area contributed by atoms with Gasteiger partial charge in [-0.1, -0.05) is 0 Å². The number of aliphatic hydroxyl groups excluding tert-OH is 1. The predicted molar refractivity (Wildman–Crippen MR) is 65.6 cm³/mol. The fraction of sp³-hybridized carbons (Fsp3) is 0.364. The number of hydrogen-bond acceptors (Lipinski definition) is 4. The van der Waals surface area contributed by atoms with Gasteiger partial charge in [0, 0.05) is 16.9 Å². The smallest absolute Gasteiger partial charge is 0.0914 e. The fourth-order valence-corrected chi connectivity index (χ4v) is 3.08. The van der Waals surface area contributed by atoms with E-state index in [1.165, 1.54) is 9.75 Å². The van der Waals surface area contributed by atoms with Crippen molar-refractivity contribution in [3.63, 3.8) is 0 Å². The third-order valence-corrected chi connectivity index (χ3v) is 4.06. The van der Waals surface area contributed by atoms with Gasteiger partial charge in [0.25, 0.3) is 0 Å². The van der Waals surface area contributed by atoms with Crippen LogP contribution >= 0.6 is 22.7 Å². The third kappa shape index (κ3) is 2.65. The van der Waals surface area contributed by atoms with E-state index in [1.54, 1.807) is 22.7 Å². The van der Waals surface area contributed by atoms with Crippen LogP contribution in [0.5, 0.6) is 0 Å². The van der Waals surface area contributed by atoms with E-state index in [2.05, 4.69) is 22.5 Å². The van der Waals surface area contributed by atoms with Gasteiger partial charge in [-0.2, -0.15) is 0 Å². The Hall–Kier alpha value is -0.710. The van der Waals surface area contributed by atoms with Crippen LogP contribution in [0.2, 0.25) is 0 Å². The molecule has 0 spiro atoms. The number of aliphatic hydroxyl groups is 1. The Balaban J connectivity index is 2.13. The molecule has 0 bridgehead atoms. The second-order valence-electron chi connectivity index (χ2n) is 3.34. The van der Waals surface area contributed by atoms with Crippen LogP contribution in [0.15, 0.2) is 17.5 Å². The molecule has 2 aromatic rings. The molecule has 15 heavy (non-hydrogen) atoms. The summed E-state index contributed by atoms with van der Waals surface area (Å²) < 4.78 is 0. The molecule has 0 aliphatic rings. The molecular formula is C11H13NOS2. The Morgan fingerprint density at radius 2 is 2.27 bits per heavy atom. The fourth-order valence-electron chi connectivity index (χ4n) is 1.38. The van der Waals surface area contributed by atoms with Crippen molar-refractivity contribution in [3.05, 3.63) is 27.4 Å². The first kappa shape index (κ1) is 10.8. The van der Waals surface area contributed by atoms with Crippen molar-refractivity contribution in [2.24, 2.45) is 0 Å². The average molecular weight is 239 g/mol. The first-order valence-electron chi connectivity index (χ1n) is 4.91. The highest BCUT2D eigenvalue weighted by Crippen LogP contribution is 2.29. The molecule has 2 rings (SSSR count). The summed E-state index contributed by atoms with van der Waals surface area (Å²) in [6.07, 6.45) is 1.81. The molecule has 0 amide bonds. The lowest BCUT2D eigenvalue weighted by atomic mass is 10.3. The van der Waals surface area contributed by atoms with Gasteiger partial charge < -0.3 is 5.11 Å². The number of aromatic nitrogens is 1. The molecule has 1 N–H and O–H groups in total. The molecule has 2 aromatic heterocycles. The number of thiazole rings is 1. The van der Waals surface area contributed by atoms with Crippen molar-refractivity contribution < 1.29 is 5.11 Å². The SMILES string of the molecule is Cc1nc(-c2ccc(CCCO)s2)cs1. The van der Waals surface area contributed by atoms with Gasteiger partial charge in [0.1, 0.15) is 0 Å². The van der Waals surface area contributed by atoms with E-state index >= 15 is 0 Å². The van der Waals surface area contributed by atoms with Gasteiger partial charge in [-0.15, -0.1) is 22.7 Å². The number of hydrogen-bond donors (Lipinski definition) is 1. The van der Waals surface area contributed by atoms with Crippen LogP contribution in [0.1, 0.15) is 16.3 Å². The molecule has 0 atom stereocenters. The van der Waals surface area contributed by atoms with Crippen molar-refractivity contribution >= 4 is 22.7 Å². The number of aryl methyl sites for hydroxylation is 2. The number of rotatable bonds is 4. The predicted octanol–water partition coefficient (Wildman–Crippen LogP) is 3.10. The van der Waals surface area contributed by atoms with Crippen LogP contribution in [-0.4, -0.2) is 16.7 Å². The zero-order valence-corrected chi connectivity index (χ0v) is 10.2. The molecule has 0 saturated heterocycles. The summed E-state index contributed by atoms with van der Waals surface area (Å²) in [7, 11) is 0.